The fourth-order valence-corrected chi connectivity index (χ4v) is 1.14. The molecule has 1 aromatic rings. The number of nitrogens with zero attached hydrogens (tertiary/aromatic N) is 1. The van der Waals surface area contributed by atoms with Crippen molar-refractivity contribution in [1.82, 2.24) is 0 Å². The van der Waals surface area contributed by atoms with Gasteiger partial charge in [0.25, 0.3) is 0 Å². The average molecular weight is 281 g/mol. The molecule has 4 heteroatoms. The summed E-state index contributed by atoms with van der Waals surface area (Å²) in [4.78, 5) is 0. The summed E-state index contributed by atoms with van der Waals surface area (Å²) >= 11 is 7.38. The fourth-order valence-electron chi connectivity index (χ4n) is 0.620. The third-order valence-electron chi connectivity index (χ3n) is 1.11. The first kappa shape index (κ1) is 8.75. The third-order valence-corrected chi connectivity index (χ3v) is 2.83. The zero-order valence-corrected chi connectivity index (χ0v) is 8.15. The van der Waals surface area contributed by atoms with Crippen molar-refractivity contribution in [3.05, 3.63) is 32.1 Å². The largest absolute Gasteiger partial charge is 0.206 e. The number of hydrogen-bond donors (Lipinski definition) is 0. The number of hydrogen-bond acceptors (Lipinski definition) is 1. The molecule has 56 valence electrons. The highest BCUT2D eigenvalue weighted by Crippen LogP contribution is 2.22. The van der Waals surface area contributed by atoms with Crippen LogP contribution >= 0.6 is 34.2 Å². The summed E-state index contributed by atoms with van der Waals surface area (Å²) < 4.78 is 13.1. The summed E-state index contributed by atoms with van der Waals surface area (Å²) in [5.41, 5.74) is 0.243. The smallest absolute Gasteiger partial charge is 0.139 e. The second-order valence-corrected chi connectivity index (χ2v) is 3.35. The third kappa shape index (κ3) is 1.82. The minimum atomic E-state index is -0.449. The number of nitriles is 1. The molecule has 0 radical (unpaired) electrons. The lowest BCUT2D eigenvalue weighted by Gasteiger charge is -1.96. The molecule has 0 bridgehead atoms. The zero-order chi connectivity index (χ0) is 8.43. The Kier molecular flexibility index (Phi) is 2.68. The van der Waals surface area contributed by atoms with Crippen LogP contribution in [-0.2, 0) is 0 Å². The van der Waals surface area contributed by atoms with Crippen molar-refractivity contribution in [3.8, 4) is 6.07 Å². The van der Waals surface area contributed by atoms with Crippen LogP contribution in [0.3, 0.4) is 0 Å². The van der Waals surface area contributed by atoms with Crippen LogP contribution in [0.5, 0.6) is 0 Å². The molecule has 0 saturated carbocycles. The highest BCUT2D eigenvalue weighted by molar-refractivity contribution is 14.1. The lowest BCUT2D eigenvalue weighted by atomic mass is 10.2. The van der Waals surface area contributed by atoms with E-state index in [1.165, 1.54) is 6.07 Å². The van der Waals surface area contributed by atoms with Gasteiger partial charge in [-0.2, -0.15) is 5.26 Å². The first-order valence-electron chi connectivity index (χ1n) is 2.70. The molecule has 0 heterocycles. The zero-order valence-electron chi connectivity index (χ0n) is 5.24. The summed E-state index contributed by atoms with van der Waals surface area (Å²) in [5, 5.41) is 8.68. The number of benzene rings is 1. The van der Waals surface area contributed by atoms with Crippen LogP contribution in [0.4, 0.5) is 4.39 Å². The van der Waals surface area contributed by atoms with Crippen LogP contribution in [-0.4, -0.2) is 0 Å². The van der Waals surface area contributed by atoms with Gasteiger partial charge in [0.05, 0.1) is 20.2 Å². The Hall–Kier alpha value is -0.340. The lowest BCUT2D eigenvalue weighted by molar-refractivity contribution is 0.620. The predicted molar refractivity (Wildman–Crippen MR) is 48.8 cm³/mol. The number of rotatable bonds is 0. The molecule has 0 aliphatic carbocycles. The first-order chi connectivity index (χ1) is 5.15. The quantitative estimate of drug-likeness (QED) is 0.530. The minimum Gasteiger partial charge on any atom is -0.206 e. The van der Waals surface area contributed by atoms with E-state index in [9.17, 15) is 4.39 Å². The van der Waals surface area contributed by atoms with Gasteiger partial charge in [0.1, 0.15) is 5.82 Å². The van der Waals surface area contributed by atoms with E-state index in [2.05, 4.69) is 0 Å². The summed E-state index contributed by atoms with van der Waals surface area (Å²) in [5.74, 6) is -0.449. The van der Waals surface area contributed by atoms with Gasteiger partial charge < -0.3 is 0 Å². The van der Waals surface area contributed by atoms with E-state index in [0.717, 1.165) is 6.07 Å². The van der Waals surface area contributed by atoms with Gasteiger partial charge >= 0.3 is 0 Å². The van der Waals surface area contributed by atoms with Crippen LogP contribution in [0.2, 0.25) is 5.02 Å². The van der Waals surface area contributed by atoms with Gasteiger partial charge in [0.2, 0.25) is 0 Å². The SMILES string of the molecule is N#Cc1cc(F)c(I)c(Cl)c1. The van der Waals surface area contributed by atoms with Crippen LogP contribution in [0.25, 0.3) is 0 Å². The molecule has 1 rings (SSSR count). The van der Waals surface area contributed by atoms with Crippen molar-refractivity contribution in [3.63, 3.8) is 0 Å². The van der Waals surface area contributed by atoms with E-state index in [1.54, 1.807) is 22.6 Å². The molecule has 0 N–H and O–H groups in total. The van der Waals surface area contributed by atoms with Gasteiger partial charge in [-0.15, -0.1) is 0 Å². The van der Waals surface area contributed by atoms with Crippen LogP contribution in [0.1, 0.15) is 5.56 Å². The van der Waals surface area contributed by atoms with Crippen molar-refractivity contribution in [1.29, 1.82) is 5.26 Å². The van der Waals surface area contributed by atoms with Crippen molar-refractivity contribution in [2.24, 2.45) is 0 Å². The molecular weight excluding hydrogens is 279 g/mol. The van der Waals surface area contributed by atoms with Crippen molar-refractivity contribution in [2.45, 2.75) is 0 Å². The monoisotopic (exact) mass is 281 g/mol. The summed E-state index contributed by atoms with van der Waals surface area (Å²) in [6, 6.07) is 4.41. The molecule has 0 aliphatic heterocycles. The molecule has 1 nitrogen and oxygen atoms in total. The van der Waals surface area contributed by atoms with E-state index >= 15 is 0 Å². The summed E-state index contributed by atoms with van der Waals surface area (Å²) in [6.07, 6.45) is 0. The van der Waals surface area contributed by atoms with Crippen LogP contribution < -0.4 is 0 Å². The highest BCUT2D eigenvalue weighted by atomic mass is 127. The Morgan fingerprint density at radius 1 is 1.55 bits per heavy atom. The van der Waals surface area contributed by atoms with E-state index < -0.39 is 5.82 Å². The Labute approximate surface area is 81.9 Å². The fraction of sp³-hybridized carbons (Fsp3) is 0. The predicted octanol–water partition coefficient (Wildman–Crippen LogP) is 2.96. The molecule has 0 unspecified atom stereocenters. The highest BCUT2D eigenvalue weighted by Gasteiger charge is 2.05. The molecular formula is C7H2ClFIN. The van der Waals surface area contributed by atoms with Crippen molar-refractivity contribution in [2.75, 3.05) is 0 Å². The maximum absolute atomic E-state index is 12.8. The van der Waals surface area contributed by atoms with Crippen molar-refractivity contribution >= 4 is 34.2 Å². The maximum atomic E-state index is 12.8. The van der Waals surface area contributed by atoms with Gasteiger partial charge in [0, 0.05) is 0 Å². The van der Waals surface area contributed by atoms with Gasteiger partial charge in [0.15, 0.2) is 0 Å². The maximum Gasteiger partial charge on any atom is 0.139 e. The van der Waals surface area contributed by atoms with E-state index in [-0.39, 0.29) is 10.6 Å². The molecule has 0 atom stereocenters. The molecule has 1 aromatic carbocycles. The second kappa shape index (κ2) is 3.37. The second-order valence-electron chi connectivity index (χ2n) is 1.87. The molecule has 0 spiro atoms. The van der Waals surface area contributed by atoms with Crippen LogP contribution in [0, 0.1) is 20.7 Å². The van der Waals surface area contributed by atoms with Crippen molar-refractivity contribution < 1.29 is 4.39 Å². The summed E-state index contributed by atoms with van der Waals surface area (Å²) in [6.45, 7) is 0. The Morgan fingerprint density at radius 2 is 2.18 bits per heavy atom. The van der Waals surface area contributed by atoms with Crippen LogP contribution in [0.15, 0.2) is 12.1 Å². The molecule has 0 fully saturated rings. The first-order valence-corrected chi connectivity index (χ1v) is 4.15. The van der Waals surface area contributed by atoms with E-state index in [4.69, 9.17) is 16.9 Å². The molecule has 11 heavy (non-hydrogen) atoms. The molecule has 0 saturated heterocycles. The Balaban J connectivity index is 3.35. The normalized spacial score (nSPS) is 9.27. The van der Waals surface area contributed by atoms with Gasteiger partial charge in [-0.3, -0.25) is 0 Å². The molecule has 0 amide bonds. The summed E-state index contributed by atoms with van der Waals surface area (Å²) in [7, 11) is 0. The Bertz CT molecular complexity index is 309. The van der Waals surface area contributed by atoms with Gasteiger partial charge in [-0.1, -0.05) is 11.6 Å². The minimum absolute atomic E-state index is 0.243. The molecule has 0 aromatic heterocycles. The number of halogens is 3. The standard InChI is InChI=1S/C7H2ClFIN/c8-5-1-4(3-11)2-6(9)7(5)10/h1-2H. The molecule has 0 aliphatic rings. The van der Waals surface area contributed by atoms with E-state index in [1.807, 2.05) is 6.07 Å². The van der Waals surface area contributed by atoms with Gasteiger partial charge in [-0.25, -0.2) is 4.39 Å². The topological polar surface area (TPSA) is 23.8 Å². The van der Waals surface area contributed by atoms with Gasteiger partial charge in [-0.05, 0) is 34.7 Å². The van der Waals surface area contributed by atoms with E-state index in [0.29, 0.717) is 3.57 Å². The Morgan fingerprint density at radius 3 is 2.64 bits per heavy atom. The lowest BCUT2D eigenvalue weighted by Crippen LogP contribution is -1.85. The average Bonchev–Trinajstić information content (AvgIpc) is 1.99.